The van der Waals surface area contributed by atoms with Crippen molar-refractivity contribution < 1.29 is 23.5 Å². The second kappa shape index (κ2) is 11.3. The molecule has 0 bridgehead atoms. The highest BCUT2D eigenvalue weighted by atomic mass is 32.1. The lowest BCUT2D eigenvalue weighted by Crippen LogP contribution is -2.51. The van der Waals surface area contributed by atoms with Gasteiger partial charge in [0.2, 0.25) is 5.91 Å². The third kappa shape index (κ3) is 7.50. The molecule has 2 N–H and O–H groups in total. The molecule has 13 heteroatoms. The Hall–Kier alpha value is -3.48. The fourth-order valence-electron chi connectivity index (χ4n) is 3.41. The van der Waals surface area contributed by atoms with Crippen molar-refractivity contribution in [3.63, 3.8) is 0 Å². The molecule has 0 saturated carbocycles. The number of nitrogens with one attached hydrogen (secondary N) is 2. The Morgan fingerprint density at radius 1 is 1.17 bits per heavy atom. The van der Waals surface area contributed by atoms with Crippen molar-refractivity contribution in [1.29, 1.82) is 0 Å². The number of carbonyl (C=O) groups excluding carboxylic acids is 2. The predicted octanol–water partition coefficient (Wildman–Crippen LogP) is 1.60. The molecular formula is C22H30FN7O4S. The van der Waals surface area contributed by atoms with E-state index in [-0.39, 0.29) is 17.6 Å². The number of hydrogen-bond donors (Lipinski definition) is 2. The molecular weight excluding hydrogens is 477 g/mol. The van der Waals surface area contributed by atoms with Crippen molar-refractivity contribution in [1.82, 2.24) is 30.5 Å². The van der Waals surface area contributed by atoms with E-state index in [9.17, 15) is 14.0 Å². The van der Waals surface area contributed by atoms with Crippen molar-refractivity contribution in [3.05, 3.63) is 35.9 Å². The van der Waals surface area contributed by atoms with Gasteiger partial charge in [0.15, 0.2) is 0 Å². The Morgan fingerprint density at radius 2 is 1.89 bits per heavy atom. The number of benzene rings is 1. The van der Waals surface area contributed by atoms with Gasteiger partial charge >= 0.3 is 6.09 Å². The smallest absolute Gasteiger partial charge is 0.408 e. The summed E-state index contributed by atoms with van der Waals surface area (Å²) < 4.78 is 26.4. The highest BCUT2D eigenvalue weighted by Crippen LogP contribution is 2.23. The molecule has 1 aromatic heterocycles. The SMILES string of the molecule is COC(=S)NCc1cn(-c2ccc(N3CCN(C(=O)CNC(=O)OC(C)(C)C)CC3)c(F)c2)nn1. The molecule has 2 amide bonds. The number of carbonyl (C=O) groups is 2. The standard InChI is InChI=1S/C22H30FN7O4S/c1-22(2,3)34-20(32)24-13-19(31)29-9-7-28(8-10-29)18-6-5-16(11-17(18)23)30-14-15(26-27-30)12-25-21(35)33-4/h5-6,11,14H,7-10,12-13H2,1-4H3,(H,24,32)(H,25,35). The van der Waals surface area contributed by atoms with E-state index in [1.54, 1.807) is 44.0 Å². The summed E-state index contributed by atoms with van der Waals surface area (Å²) >= 11 is 4.92. The van der Waals surface area contributed by atoms with Crippen molar-refractivity contribution in [2.24, 2.45) is 0 Å². The van der Waals surface area contributed by atoms with Crippen LogP contribution < -0.4 is 15.5 Å². The van der Waals surface area contributed by atoms with Gasteiger partial charge in [-0.05, 0) is 45.1 Å². The first-order valence-electron chi connectivity index (χ1n) is 11.1. The van der Waals surface area contributed by atoms with Crippen LogP contribution in [0.2, 0.25) is 0 Å². The van der Waals surface area contributed by atoms with Crippen LogP contribution in [0.15, 0.2) is 24.4 Å². The number of hydrogen-bond acceptors (Lipinski definition) is 8. The lowest BCUT2D eigenvalue weighted by molar-refractivity contribution is -0.130. The first kappa shape index (κ1) is 26.1. The van der Waals surface area contributed by atoms with Gasteiger partial charge in [-0.25, -0.2) is 13.9 Å². The van der Waals surface area contributed by atoms with Crippen LogP contribution in [0.4, 0.5) is 14.9 Å². The van der Waals surface area contributed by atoms with Crippen molar-refractivity contribution in [2.45, 2.75) is 32.9 Å². The third-order valence-corrected chi connectivity index (χ3v) is 5.40. The molecule has 190 valence electrons. The first-order chi connectivity index (χ1) is 16.6. The quantitative estimate of drug-likeness (QED) is 0.563. The number of rotatable bonds is 6. The Kier molecular flexibility index (Phi) is 8.43. The molecule has 0 spiro atoms. The van der Waals surface area contributed by atoms with Crippen LogP contribution in [0.5, 0.6) is 0 Å². The van der Waals surface area contributed by atoms with Crippen molar-refractivity contribution in [2.75, 3.05) is 44.7 Å². The number of piperazine rings is 1. The van der Waals surface area contributed by atoms with Crippen molar-refractivity contribution >= 4 is 35.1 Å². The summed E-state index contributed by atoms with van der Waals surface area (Å²) in [7, 11) is 1.47. The van der Waals surface area contributed by atoms with Gasteiger partial charge in [-0.15, -0.1) is 5.10 Å². The molecule has 1 aliphatic heterocycles. The molecule has 1 saturated heterocycles. The number of aromatic nitrogens is 3. The van der Waals surface area contributed by atoms with Gasteiger partial charge < -0.3 is 29.9 Å². The van der Waals surface area contributed by atoms with Gasteiger partial charge in [0.1, 0.15) is 23.7 Å². The van der Waals surface area contributed by atoms with Gasteiger partial charge in [0, 0.05) is 32.2 Å². The molecule has 2 aromatic rings. The molecule has 0 radical (unpaired) electrons. The van der Waals surface area contributed by atoms with Gasteiger partial charge in [-0.2, -0.15) is 0 Å². The summed E-state index contributed by atoms with van der Waals surface area (Å²) in [6, 6.07) is 4.83. The zero-order valence-electron chi connectivity index (χ0n) is 20.2. The summed E-state index contributed by atoms with van der Waals surface area (Å²) in [5, 5.41) is 13.7. The minimum atomic E-state index is -0.638. The van der Waals surface area contributed by atoms with Gasteiger partial charge in [-0.3, -0.25) is 4.79 Å². The molecule has 0 atom stereocenters. The number of ether oxygens (including phenoxy) is 2. The normalized spacial score (nSPS) is 13.9. The van der Waals surface area contributed by atoms with Crippen LogP contribution >= 0.6 is 12.2 Å². The van der Waals surface area contributed by atoms with E-state index in [4.69, 9.17) is 21.7 Å². The van der Waals surface area contributed by atoms with Crippen LogP contribution in [0.25, 0.3) is 5.69 Å². The van der Waals surface area contributed by atoms with Crippen LogP contribution in [-0.2, 0) is 20.8 Å². The Bertz CT molecular complexity index is 1060. The van der Waals surface area contributed by atoms with E-state index in [2.05, 4.69) is 20.9 Å². The number of anilines is 1. The van der Waals surface area contributed by atoms with E-state index >= 15 is 0 Å². The fourth-order valence-corrected chi connectivity index (χ4v) is 3.48. The number of halogens is 1. The summed E-state index contributed by atoms with van der Waals surface area (Å²) in [5.74, 6) is -0.612. The second-order valence-electron chi connectivity index (χ2n) is 8.86. The van der Waals surface area contributed by atoms with E-state index in [1.165, 1.54) is 17.9 Å². The average Bonchev–Trinajstić information content (AvgIpc) is 3.29. The van der Waals surface area contributed by atoms with Crippen LogP contribution in [-0.4, -0.2) is 82.5 Å². The van der Waals surface area contributed by atoms with E-state index in [0.717, 1.165) is 0 Å². The first-order valence-corrected chi connectivity index (χ1v) is 11.5. The third-order valence-electron chi connectivity index (χ3n) is 5.09. The topological polar surface area (TPSA) is 114 Å². The Labute approximate surface area is 208 Å². The van der Waals surface area contributed by atoms with Gasteiger partial charge in [-0.1, -0.05) is 5.21 Å². The van der Waals surface area contributed by atoms with E-state index < -0.39 is 17.5 Å². The van der Waals surface area contributed by atoms with Crippen LogP contribution in [0.3, 0.4) is 0 Å². The summed E-state index contributed by atoms with van der Waals surface area (Å²) in [4.78, 5) is 27.7. The Balaban J connectivity index is 1.52. The summed E-state index contributed by atoms with van der Waals surface area (Å²) in [6.45, 7) is 7.20. The molecule has 35 heavy (non-hydrogen) atoms. The minimum absolute atomic E-state index is 0.148. The zero-order valence-corrected chi connectivity index (χ0v) is 21.0. The number of amides is 2. The maximum atomic E-state index is 14.9. The number of nitrogens with zero attached hydrogens (tertiary/aromatic N) is 5. The minimum Gasteiger partial charge on any atom is -0.474 e. The lowest BCUT2D eigenvalue weighted by atomic mass is 10.2. The number of alkyl carbamates (subject to hydrolysis) is 1. The highest BCUT2D eigenvalue weighted by Gasteiger charge is 2.24. The average molecular weight is 508 g/mol. The summed E-state index contributed by atoms with van der Waals surface area (Å²) in [5.41, 5.74) is 0.960. The largest absolute Gasteiger partial charge is 0.474 e. The molecule has 1 aromatic carbocycles. The zero-order chi connectivity index (χ0) is 25.6. The molecule has 1 fully saturated rings. The maximum Gasteiger partial charge on any atom is 0.408 e. The monoisotopic (exact) mass is 507 g/mol. The van der Waals surface area contributed by atoms with E-state index in [1.807, 2.05) is 4.90 Å². The Morgan fingerprint density at radius 3 is 2.51 bits per heavy atom. The molecule has 0 aliphatic carbocycles. The second-order valence-corrected chi connectivity index (χ2v) is 9.23. The van der Waals surface area contributed by atoms with Gasteiger partial charge in [0.25, 0.3) is 5.17 Å². The van der Waals surface area contributed by atoms with Crippen molar-refractivity contribution in [3.8, 4) is 5.69 Å². The maximum absolute atomic E-state index is 14.9. The number of methoxy groups -OCH3 is 1. The van der Waals surface area contributed by atoms with E-state index in [0.29, 0.717) is 49.8 Å². The molecule has 3 rings (SSSR count). The van der Waals surface area contributed by atoms with Gasteiger partial charge in [0.05, 0.1) is 31.2 Å². The molecule has 11 nitrogen and oxygen atoms in total. The molecule has 0 unspecified atom stereocenters. The fraction of sp³-hybridized carbons (Fsp3) is 0.500. The molecule has 1 aliphatic rings. The lowest BCUT2D eigenvalue weighted by Gasteiger charge is -2.36. The summed E-state index contributed by atoms with van der Waals surface area (Å²) in [6.07, 6.45) is 1.04. The predicted molar refractivity (Wildman–Crippen MR) is 131 cm³/mol. The highest BCUT2D eigenvalue weighted by molar-refractivity contribution is 7.80. The van der Waals surface area contributed by atoms with Crippen LogP contribution in [0, 0.1) is 5.82 Å². The molecule has 2 heterocycles. The number of thiocarbonyl (C=S) groups is 1. The van der Waals surface area contributed by atoms with Crippen LogP contribution in [0.1, 0.15) is 26.5 Å².